The Morgan fingerprint density at radius 3 is 2.71 bits per heavy atom. The molecule has 128 valence electrons. The van der Waals surface area contributed by atoms with Crippen molar-refractivity contribution in [1.29, 1.82) is 0 Å². The lowest BCUT2D eigenvalue weighted by molar-refractivity contribution is 0.0608. The highest BCUT2D eigenvalue weighted by atomic mass is 35.5. The van der Waals surface area contributed by atoms with Gasteiger partial charge in [-0.05, 0) is 25.1 Å². The van der Waals surface area contributed by atoms with Gasteiger partial charge >= 0.3 is 0 Å². The topological polar surface area (TPSA) is 74.5 Å². The third-order valence-electron chi connectivity index (χ3n) is 4.23. The monoisotopic (exact) mass is 349 g/mol. The van der Waals surface area contributed by atoms with E-state index in [4.69, 9.17) is 16.7 Å². The number of carbonyl (C=O) groups excluding carboxylic acids is 1. The minimum atomic E-state index is -0.107. The highest BCUT2D eigenvalue weighted by Gasteiger charge is 2.26. The normalized spacial score (nSPS) is 15.7. The average Bonchev–Trinajstić information content (AvgIpc) is 2.97. The maximum atomic E-state index is 12.7. The molecule has 0 bridgehead atoms. The molecule has 3 rings (SSSR count). The van der Waals surface area contributed by atoms with Crippen LogP contribution in [0.5, 0.6) is 0 Å². The molecule has 1 N–H and O–H groups in total. The van der Waals surface area contributed by atoms with Gasteiger partial charge in [0.25, 0.3) is 5.91 Å². The van der Waals surface area contributed by atoms with Gasteiger partial charge in [-0.25, -0.2) is 4.68 Å². The number of β-amino-alcohol motifs (C(OH)–C–C–N with tert-alkyl or cyclic N) is 1. The van der Waals surface area contributed by atoms with Crippen molar-refractivity contribution >= 4 is 17.5 Å². The largest absolute Gasteiger partial charge is 0.395 e. The highest BCUT2D eigenvalue weighted by molar-refractivity contribution is 6.30. The number of rotatable bonds is 4. The van der Waals surface area contributed by atoms with Gasteiger partial charge in [0.2, 0.25) is 0 Å². The minimum absolute atomic E-state index is 0.107. The van der Waals surface area contributed by atoms with Gasteiger partial charge in [0.1, 0.15) is 0 Å². The lowest BCUT2D eigenvalue weighted by Crippen LogP contribution is -2.49. The van der Waals surface area contributed by atoms with Gasteiger partial charge < -0.3 is 10.0 Å². The number of hydrogen-bond donors (Lipinski definition) is 1. The highest BCUT2D eigenvalue weighted by Crippen LogP contribution is 2.18. The summed E-state index contributed by atoms with van der Waals surface area (Å²) in [5.74, 6) is -0.107. The molecule has 1 aromatic carbocycles. The molecule has 24 heavy (non-hydrogen) atoms. The molecule has 8 heteroatoms. The Morgan fingerprint density at radius 2 is 2.04 bits per heavy atom. The molecule has 1 amide bonds. The Bertz CT molecular complexity index is 725. The summed E-state index contributed by atoms with van der Waals surface area (Å²) in [6, 6.07) is 7.27. The van der Waals surface area contributed by atoms with E-state index in [1.165, 1.54) is 0 Å². The van der Waals surface area contributed by atoms with Crippen LogP contribution >= 0.6 is 11.6 Å². The number of aromatic nitrogens is 3. The molecule has 1 saturated heterocycles. The zero-order chi connectivity index (χ0) is 17.1. The second kappa shape index (κ2) is 7.29. The van der Waals surface area contributed by atoms with Crippen LogP contribution in [0, 0.1) is 6.92 Å². The van der Waals surface area contributed by atoms with E-state index < -0.39 is 0 Å². The SMILES string of the molecule is Cc1c(C(=O)N2CCN(CCO)CC2)nnn1-c1cccc(Cl)c1. The third kappa shape index (κ3) is 3.43. The molecule has 0 atom stereocenters. The molecule has 1 fully saturated rings. The van der Waals surface area contributed by atoms with E-state index in [0.29, 0.717) is 36.0 Å². The van der Waals surface area contributed by atoms with Crippen LogP contribution in [-0.4, -0.2) is 75.1 Å². The van der Waals surface area contributed by atoms with Crippen LogP contribution in [0.1, 0.15) is 16.2 Å². The fourth-order valence-corrected chi connectivity index (χ4v) is 3.03. The second-order valence-corrected chi connectivity index (χ2v) is 6.21. The maximum Gasteiger partial charge on any atom is 0.276 e. The van der Waals surface area contributed by atoms with E-state index in [2.05, 4.69) is 15.2 Å². The lowest BCUT2D eigenvalue weighted by Gasteiger charge is -2.34. The Kier molecular flexibility index (Phi) is 5.13. The van der Waals surface area contributed by atoms with Crippen molar-refractivity contribution in [3.8, 4) is 5.69 Å². The van der Waals surface area contributed by atoms with Crippen LogP contribution in [0.3, 0.4) is 0 Å². The molecule has 0 radical (unpaired) electrons. The van der Waals surface area contributed by atoms with Crippen molar-refractivity contribution in [2.45, 2.75) is 6.92 Å². The van der Waals surface area contributed by atoms with Gasteiger partial charge in [-0.2, -0.15) is 0 Å². The number of aliphatic hydroxyl groups is 1. The smallest absolute Gasteiger partial charge is 0.276 e. The Labute approximate surface area is 145 Å². The Balaban J connectivity index is 1.75. The second-order valence-electron chi connectivity index (χ2n) is 5.77. The van der Waals surface area contributed by atoms with E-state index >= 15 is 0 Å². The summed E-state index contributed by atoms with van der Waals surface area (Å²) in [7, 11) is 0. The number of piperazine rings is 1. The first-order valence-corrected chi connectivity index (χ1v) is 8.28. The minimum Gasteiger partial charge on any atom is -0.395 e. The van der Waals surface area contributed by atoms with E-state index in [0.717, 1.165) is 18.8 Å². The Morgan fingerprint density at radius 1 is 1.29 bits per heavy atom. The number of amides is 1. The van der Waals surface area contributed by atoms with Crippen molar-refractivity contribution in [2.75, 3.05) is 39.3 Å². The van der Waals surface area contributed by atoms with Crippen LogP contribution in [-0.2, 0) is 0 Å². The van der Waals surface area contributed by atoms with Gasteiger partial charge in [-0.1, -0.05) is 22.9 Å². The molecule has 0 saturated carbocycles. The quantitative estimate of drug-likeness (QED) is 0.890. The van der Waals surface area contributed by atoms with E-state index in [1.807, 2.05) is 19.1 Å². The summed E-state index contributed by atoms with van der Waals surface area (Å²) >= 11 is 6.02. The zero-order valence-corrected chi connectivity index (χ0v) is 14.3. The summed E-state index contributed by atoms with van der Waals surface area (Å²) in [6.45, 7) is 5.38. The number of aliphatic hydroxyl groups excluding tert-OH is 1. The predicted molar refractivity (Wildman–Crippen MR) is 90.5 cm³/mol. The molecule has 0 aliphatic carbocycles. The van der Waals surface area contributed by atoms with E-state index in [1.54, 1.807) is 21.7 Å². The zero-order valence-electron chi connectivity index (χ0n) is 13.5. The van der Waals surface area contributed by atoms with Crippen LogP contribution in [0.4, 0.5) is 0 Å². The third-order valence-corrected chi connectivity index (χ3v) is 4.46. The van der Waals surface area contributed by atoms with Crippen LogP contribution < -0.4 is 0 Å². The fraction of sp³-hybridized carbons (Fsp3) is 0.438. The number of nitrogens with zero attached hydrogens (tertiary/aromatic N) is 5. The molecule has 2 aromatic rings. The van der Waals surface area contributed by atoms with Crippen molar-refractivity contribution in [2.24, 2.45) is 0 Å². The van der Waals surface area contributed by atoms with Crippen LogP contribution in [0.15, 0.2) is 24.3 Å². The molecule has 0 spiro atoms. The van der Waals surface area contributed by atoms with E-state index in [9.17, 15) is 4.79 Å². The predicted octanol–water partition coefficient (Wildman–Crippen LogP) is 0.979. The Hall–Kier alpha value is -1.96. The van der Waals surface area contributed by atoms with E-state index in [-0.39, 0.29) is 12.5 Å². The molecule has 7 nitrogen and oxygen atoms in total. The molecule has 0 unspecified atom stereocenters. The first-order chi connectivity index (χ1) is 11.6. The van der Waals surface area contributed by atoms with Gasteiger partial charge in [0.05, 0.1) is 18.0 Å². The number of benzene rings is 1. The first-order valence-electron chi connectivity index (χ1n) is 7.91. The van der Waals surface area contributed by atoms with Crippen molar-refractivity contribution < 1.29 is 9.90 Å². The van der Waals surface area contributed by atoms with Crippen LogP contribution in [0.2, 0.25) is 5.02 Å². The van der Waals surface area contributed by atoms with Gasteiger partial charge in [0.15, 0.2) is 5.69 Å². The molecular weight excluding hydrogens is 330 g/mol. The fourth-order valence-electron chi connectivity index (χ4n) is 2.85. The van der Waals surface area contributed by atoms with Crippen molar-refractivity contribution in [3.63, 3.8) is 0 Å². The molecular formula is C16H20ClN5O2. The first kappa shape index (κ1) is 16.9. The number of hydrogen-bond acceptors (Lipinski definition) is 5. The summed E-state index contributed by atoms with van der Waals surface area (Å²) in [5, 5.41) is 17.8. The van der Waals surface area contributed by atoms with Gasteiger partial charge in [0, 0.05) is 37.7 Å². The van der Waals surface area contributed by atoms with Crippen LogP contribution in [0.25, 0.3) is 5.69 Å². The summed E-state index contributed by atoms with van der Waals surface area (Å²) in [5.41, 5.74) is 1.84. The number of carbonyl (C=O) groups is 1. The average molecular weight is 350 g/mol. The maximum absolute atomic E-state index is 12.7. The molecule has 1 aliphatic rings. The molecule has 2 heterocycles. The summed E-state index contributed by atoms with van der Waals surface area (Å²) in [6.07, 6.45) is 0. The summed E-state index contributed by atoms with van der Waals surface area (Å²) < 4.78 is 1.63. The standard InChI is InChI=1S/C16H20ClN5O2/c1-12-15(16(24)21-7-5-20(6-8-21)9-10-23)18-19-22(12)14-4-2-3-13(17)11-14/h2-4,11,23H,5-10H2,1H3. The lowest BCUT2D eigenvalue weighted by atomic mass is 10.2. The van der Waals surface area contributed by atoms with Gasteiger partial charge in [-0.15, -0.1) is 5.10 Å². The van der Waals surface area contributed by atoms with Crippen molar-refractivity contribution in [3.05, 3.63) is 40.7 Å². The van der Waals surface area contributed by atoms with Crippen molar-refractivity contribution in [1.82, 2.24) is 24.8 Å². The molecule has 1 aromatic heterocycles. The summed E-state index contributed by atoms with van der Waals surface area (Å²) in [4.78, 5) is 16.6. The number of halogens is 1. The molecule has 1 aliphatic heterocycles. The van der Waals surface area contributed by atoms with Gasteiger partial charge in [-0.3, -0.25) is 9.69 Å².